The smallest absolute Gasteiger partial charge is 0.191 e. The molecule has 21 heavy (non-hydrogen) atoms. The zero-order valence-corrected chi connectivity index (χ0v) is 14.6. The van der Waals surface area contributed by atoms with Crippen molar-refractivity contribution in [2.45, 2.75) is 32.7 Å². The van der Waals surface area contributed by atoms with E-state index in [-0.39, 0.29) is 5.41 Å². The Morgan fingerprint density at radius 3 is 2.76 bits per heavy atom. The van der Waals surface area contributed by atoms with Crippen molar-refractivity contribution in [1.29, 1.82) is 0 Å². The second kappa shape index (κ2) is 7.04. The van der Waals surface area contributed by atoms with Crippen molar-refractivity contribution in [2.24, 2.45) is 4.99 Å². The van der Waals surface area contributed by atoms with Crippen LogP contribution in [0.1, 0.15) is 28.6 Å². The lowest BCUT2D eigenvalue weighted by molar-refractivity contribution is 0.518. The molecule has 0 atom stereocenters. The molecule has 0 amide bonds. The summed E-state index contributed by atoms with van der Waals surface area (Å²) in [6.45, 7) is 8.09. The quantitative estimate of drug-likeness (QED) is 0.657. The van der Waals surface area contributed by atoms with Crippen LogP contribution < -0.4 is 10.6 Å². The summed E-state index contributed by atoms with van der Waals surface area (Å²) in [6.07, 6.45) is 1.90. The maximum atomic E-state index is 4.35. The molecule has 2 aromatic heterocycles. The maximum absolute atomic E-state index is 4.35. The topological polar surface area (TPSA) is 49.3 Å². The van der Waals surface area contributed by atoms with Crippen LogP contribution in [0.2, 0.25) is 0 Å². The second-order valence-electron chi connectivity index (χ2n) is 5.51. The highest BCUT2D eigenvalue weighted by Crippen LogP contribution is 2.26. The number of nitrogens with zero attached hydrogens (tertiary/aromatic N) is 2. The Morgan fingerprint density at radius 1 is 1.38 bits per heavy atom. The molecule has 0 spiro atoms. The Morgan fingerprint density at radius 2 is 2.19 bits per heavy atom. The monoisotopic (exact) mass is 322 g/mol. The number of aryl methyl sites for hydroxylation is 1. The number of nitrogens with one attached hydrogen (secondary N) is 2. The van der Waals surface area contributed by atoms with Crippen LogP contribution >= 0.6 is 22.7 Å². The average molecular weight is 323 g/mol. The highest BCUT2D eigenvalue weighted by molar-refractivity contribution is 7.11. The minimum absolute atomic E-state index is 0.0869. The molecule has 2 rings (SSSR count). The summed E-state index contributed by atoms with van der Waals surface area (Å²) < 4.78 is 0. The lowest BCUT2D eigenvalue weighted by Crippen LogP contribution is -2.42. The molecule has 6 heteroatoms. The van der Waals surface area contributed by atoms with Crippen molar-refractivity contribution in [1.82, 2.24) is 15.6 Å². The van der Waals surface area contributed by atoms with Crippen LogP contribution in [-0.4, -0.2) is 24.5 Å². The van der Waals surface area contributed by atoms with Crippen molar-refractivity contribution in [2.75, 3.05) is 13.6 Å². The first-order valence-corrected chi connectivity index (χ1v) is 8.61. The number of thiazole rings is 1. The van der Waals surface area contributed by atoms with Gasteiger partial charge in [-0.05, 0) is 18.4 Å². The Labute approximate surface area is 134 Å². The molecule has 4 nitrogen and oxygen atoms in total. The number of guanidine groups is 1. The summed E-state index contributed by atoms with van der Waals surface area (Å²) in [5, 5.41) is 9.90. The molecule has 0 saturated carbocycles. The Balaban J connectivity index is 1.85. The summed E-state index contributed by atoms with van der Waals surface area (Å²) in [4.78, 5) is 11.2. The molecule has 2 N–H and O–H groups in total. The average Bonchev–Trinajstić information content (AvgIpc) is 3.10. The van der Waals surface area contributed by atoms with E-state index in [0.29, 0.717) is 6.54 Å². The number of aromatic nitrogens is 1. The minimum atomic E-state index is 0.0869. The third kappa shape index (κ3) is 4.54. The van der Waals surface area contributed by atoms with Crippen LogP contribution in [0.15, 0.2) is 28.7 Å². The zero-order chi connectivity index (χ0) is 15.3. The maximum Gasteiger partial charge on any atom is 0.191 e. The number of hydrogen-bond acceptors (Lipinski definition) is 4. The summed E-state index contributed by atoms with van der Waals surface area (Å²) in [7, 11) is 1.79. The van der Waals surface area contributed by atoms with Gasteiger partial charge in [-0.25, -0.2) is 4.98 Å². The van der Waals surface area contributed by atoms with E-state index in [9.17, 15) is 0 Å². The van der Waals surface area contributed by atoms with Crippen LogP contribution in [-0.2, 0) is 12.0 Å². The Hall–Kier alpha value is -1.40. The molecular weight excluding hydrogens is 300 g/mol. The van der Waals surface area contributed by atoms with Gasteiger partial charge in [-0.1, -0.05) is 19.9 Å². The van der Waals surface area contributed by atoms with E-state index in [0.717, 1.165) is 17.5 Å². The summed E-state index contributed by atoms with van der Waals surface area (Å²) in [6, 6.07) is 4.28. The number of hydrogen-bond donors (Lipinski definition) is 2. The van der Waals surface area contributed by atoms with Gasteiger partial charge in [-0.15, -0.1) is 22.7 Å². The molecule has 0 aliphatic carbocycles. The van der Waals surface area contributed by atoms with Gasteiger partial charge in [0.25, 0.3) is 0 Å². The van der Waals surface area contributed by atoms with Gasteiger partial charge in [-0.3, -0.25) is 4.99 Å². The highest BCUT2D eigenvalue weighted by atomic mass is 32.1. The molecule has 0 aliphatic rings. The predicted molar refractivity (Wildman–Crippen MR) is 92.4 cm³/mol. The van der Waals surface area contributed by atoms with Gasteiger partial charge < -0.3 is 10.6 Å². The first-order valence-electron chi connectivity index (χ1n) is 6.91. The third-order valence-electron chi connectivity index (χ3n) is 3.19. The van der Waals surface area contributed by atoms with Crippen molar-refractivity contribution < 1.29 is 0 Å². The Kier molecular flexibility index (Phi) is 5.36. The Bertz CT molecular complexity index is 585. The van der Waals surface area contributed by atoms with Crippen LogP contribution in [0.5, 0.6) is 0 Å². The second-order valence-corrected chi connectivity index (χ2v) is 7.77. The summed E-state index contributed by atoms with van der Waals surface area (Å²) in [5.74, 6) is 0.812. The predicted octanol–water partition coefficient (Wildman–Crippen LogP) is 3.16. The van der Waals surface area contributed by atoms with E-state index in [1.165, 1.54) is 9.75 Å². The first kappa shape index (κ1) is 16.0. The van der Waals surface area contributed by atoms with Gasteiger partial charge in [-0.2, -0.15) is 0 Å². The normalized spacial score (nSPS) is 12.5. The van der Waals surface area contributed by atoms with E-state index in [4.69, 9.17) is 0 Å². The largest absolute Gasteiger partial charge is 0.356 e. The molecule has 0 saturated heterocycles. The zero-order valence-electron chi connectivity index (χ0n) is 12.9. The molecule has 114 valence electrons. The van der Waals surface area contributed by atoms with Crippen LogP contribution in [0, 0.1) is 6.92 Å². The van der Waals surface area contributed by atoms with Crippen molar-refractivity contribution in [3.8, 4) is 0 Å². The van der Waals surface area contributed by atoms with E-state index < -0.39 is 0 Å². The van der Waals surface area contributed by atoms with Gasteiger partial charge in [0, 0.05) is 35.0 Å². The molecule has 0 aromatic carbocycles. The minimum Gasteiger partial charge on any atom is -0.356 e. The molecular formula is C15H22N4S2. The van der Waals surface area contributed by atoms with Gasteiger partial charge >= 0.3 is 0 Å². The fourth-order valence-electron chi connectivity index (χ4n) is 1.92. The van der Waals surface area contributed by atoms with E-state index in [1.807, 2.05) is 6.20 Å². The third-order valence-corrected chi connectivity index (χ3v) is 5.33. The molecule has 0 fully saturated rings. The summed E-state index contributed by atoms with van der Waals surface area (Å²) in [5.41, 5.74) is 0.0869. The SMILES string of the molecule is CN=C(NCc1ncc(C)s1)NCC(C)(C)c1cccs1. The van der Waals surface area contributed by atoms with Crippen molar-refractivity contribution in [3.63, 3.8) is 0 Å². The lowest BCUT2D eigenvalue weighted by atomic mass is 9.91. The molecule has 0 radical (unpaired) electrons. The van der Waals surface area contributed by atoms with Gasteiger partial charge in [0.2, 0.25) is 0 Å². The fourth-order valence-corrected chi connectivity index (χ4v) is 3.50. The fraction of sp³-hybridized carbons (Fsp3) is 0.467. The first-order chi connectivity index (χ1) is 10.0. The molecule has 2 aromatic rings. The highest BCUT2D eigenvalue weighted by Gasteiger charge is 2.21. The molecule has 0 aliphatic heterocycles. The summed E-state index contributed by atoms with van der Waals surface area (Å²) >= 11 is 3.50. The standard InChI is InChI=1S/C15H22N4S2/c1-11-8-17-13(21-11)9-18-14(16-4)19-10-15(2,3)12-6-5-7-20-12/h5-8H,9-10H2,1-4H3,(H2,16,18,19). The van der Waals surface area contributed by atoms with E-state index in [1.54, 1.807) is 29.7 Å². The van der Waals surface area contributed by atoms with Crippen LogP contribution in [0.3, 0.4) is 0 Å². The number of aliphatic imine (C=N–C) groups is 1. The van der Waals surface area contributed by atoms with Crippen LogP contribution in [0.25, 0.3) is 0 Å². The number of rotatable bonds is 5. The van der Waals surface area contributed by atoms with Gasteiger partial charge in [0.1, 0.15) is 5.01 Å². The van der Waals surface area contributed by atoms with Crippen molar-refractivity contribution in [3.05, 3.63) is 38.5 Å². The van der Waals surface area contributed by atoms with Crippen molar-refractivity contribution >= 4 is 28.6 Å². The van der Waals surface area contributed by atoms with Gasteiger partial charge in [0.15, 0.2) is 5.96 Å². The lowest BCUT2D eigenvalue weighted by Gasteiger charge is -2.24. The molecule has 2 heterocycles. The molecule has 0 bridgehead atoms. The van der Waals surface area contributed by atoms with E-state index in [2.05, 4.69) is 58.9 Å². The van der Waals surface area contributed by atoms with Crippen LogP contribution in [0.4, 0.5) is 0 Å². The molecule has 0 unspecified atom stereocenters. The van der Waals surface area contributed by atoms with Gasteiger partial charge in [0.05, 0.1) is 6.54 Å². The number of thiophene rings is 1. The van der Waals surface area contributed by atoms with E-state index >= 15 is 0 Å².